The molecule has 0 aliphatic carbocycles. The van der Waals surface area contributed by atoms with E-state index in [4.69, 9.17) is 17.2 Å². The molecule has 13 heteroatoms. The molecule has 0 bridgehead atoms. The van der Waals surface area contributed by atoms with Gasteiger partial charge in [-0.25, -0.2) is 4.79 Å². The lowest BCUT2D eigenvalue weighted by Crippen LogP contribution is -2.57. The van der Waals surface area contributed by atoms with Crippen molar-refractivity contribution in [2.45, 2.75) is 62.7 Å². The van der Waals surface area contributed by atoms with Gasteiger partial charge in [-0.2, -0.15) is 12.6 Å². The van der Waals surface area contributed by atoms with Crippen LogP contribution in [0.15, 0.2) is 30.3 Å². The van der Waals surface area contributed by atoms with E-state index >= 15 is 0 Å². The summed E-state index contributed by atoms with van der Waals surface area (Å²) in [6, 6.07) is 4.43. The van der Waals surface area contributed by atoms with Gasteiger partial charge in [-0.15, -0.1) is 0 Å². The first kappa shape index (κ1) is 30.9. The number of hydrogen-bond acceptors (Lipinski definition) is 8. The number of carboxylic acids is 1. The zero-order valence-electron chi connectivity index (χ0n) is 20.0. The molecule has 0 fully saturated rings. The molecule has 0 aromatic heterocycles. The van der Waals surface area contributed by atoms with Crippen molar-refractivity contribution in [2.75, 3.05) is 12.3 Å². The van der Waals surface area contributed by atoms with Crippen LogP contribution in [-0.2, 0) is 30.4 Å². The number of unbranched alkanes of at least 4 members (excludes halogenated alkanes) is 1. The third kappa shape index (κ3) is 11.5. The Kier molecular flexibility index (Phi) is 14.1. The summed E-state index contributed by atoms with van der Waals surface area (Å²) in [5, 5.41) is 16.8. The lowest BCUT2D eigenvalue weighted by Gasteiger charge is -2.25. The standard InChI is InChI=1S/C23H36N6O6S/c24-11-5-4-8-16(21(32)29-18(13-36)23(34)35)27-22(33)17(12-14-6-2-1-3-7-14)28-20(31)15(25)9-10-19(26)30/h1-3,6-7,15-18,36H,4-5,8-13,24-25H2,(H2,26,30)(H,27,33)(H,28,31)(H,29,32)(H,34,35). The van der Waals surface area contributed by atoms with Crippen LogP contribution in [0.4, 0.5) is 0 Å². The van der Waals surface area contributed by atoms with E-state index in [0.29, 0.717) is 19.4 Å². The number of rotatable bonds is 17. The lowest BCUT2D eigenvalue weighted by atomic mass is 10.0. The minimum absolute atomic E-state index is 0.00523. The van der Waals surface area contributed by atoms with E-state index < -0.39 is 53.8 Å². The van der Waals surface area contributed by atoms with Crippen LogP contribution in [-0.4, -0.2) is 71.2 Å². The summed E-state index contributed by atoms with van der Waals surface area (Å²) in [7, 11) is 0. The highest BCUT2D eigenvalue weighted by molar-refractivity contribution is 7.80. The molecule has 0 aliphatic heterocycles. The molecular formula is C23H36N6O6S. The fourth-order valence-electron chi connectivity index (χ4n) is 3.26. The number of benzene rings is 1. The monoisotopic (exact) mass is 524 g/mol. The van der Waals surface area contributed by atoms with Crippen molar-refractivity contribution >= 4 is 42.2 Å². The average molecular weight is 525 g/mol. The smallest absolute Gasteiger partial charge is 0.327 e. The molecule has 0 saturated carbocycles. The molecule has 10 N–H and O–H groups in total. The Bertz CT molecular complexity index is 887. The Morgan fingerprint density at radius 2 is 1.44 bits per heavy atom. The third-order valence-corrected chi connectivity index (χ3v) is 5.70. The van der Waals surface area contributed by atoms with Crippen LogP contribution in [0.1, 0.15) is 37.7 Å². The Labute approximate surface area is 215 Å². The minimum atomic E-state index is -1.26. The van der Waals surface area contributed by atoms with Gasteiger partial charge in [0, 0.05) is 18.6 Å². The lowest BCUT2D eigenvalue weighted by molar-refractivity contribution is -0.141. The first-order valence-electron chi connectivity index (χ1n) is 11.6. The molecule has 0 spiro atoms. The maximum Gasteiger partial charge on any atom is 0.327 e. The van der Waals surface area contributed by atoms with Crippen LogP contribution in [0.5, 0.6) is 0 Å². The van der Waals surface area contributed by atoms with E-state index in [-0.39, 0.29) is 31.4 Å². The maximum absolute atomic E-state index is 13.2. The van der Waals surface area contributed by atoms with Crippen molar-refractivity contribution in [2.24, 2.45) is 17.2 Å². The number of hydrogen-bond donors (Lipinski definition) is 8. The first-order chi connectivity index (χ1) is 17.1. The number of nitrogens with one attached hydrogen (secondary N) is 3. The fraction of sp³-hybridized carbons (Fsp3) is 0.522. The quantitative estimate of drug-likeness (QED) is 0.0875. The molecule has 0 heterocycles. The normalized spacial score (nSPS) is 14.1. The summed E-state index contributed by atoms with van der Waals surface area (Å²) >= 11 is 3.94. The second-order valence-corrected chi connectivity index (χ2v) is 8.66. The summed E-state index contributed by atoms with van der Waals surface area (Å²) in [5.74, 6) is -4.00. The molecule has 0 saturated heterocycles. The number of carboxylic acid groups (broad SMARTS) is 1. The highest BCUT2D eigenvalue weighted by Crippen LogP contribution is 2.08. The van der Waals surface area contributed by atoms with Crippen LogP contribution >= 0.6 is 12.6 Å². The van der Waals surface area contributed by atoms with E-state index in [1.165, 1.54) is 0 Å². The van der Waals surface area contributed by atoms with Gasteiger partial charge >= 0.3 is 5.97 Å². The molecular weight excluding hydrogens is 488 g/mol. The van der Waals surface area contributed by atoms with Crippen molar-refractivity contribution in [1.29, 1.82) is 0 Å². The Morgan fingerprint density at radius 3 is 2.00 bits per heavy atom. The predicted octanol–water partition coefficient (Wildman–Crippen LogP) is -1.58. The molecule has 0 aliphatic rings. The molecule has 1 aromatic carbocycles. The molecule has 200 valence electrons. The van der Waals surface area contributed by atoms with E-state index in [1.807, 2.05) is 0 Å². The van der Waals surface area contributed by atoms with Crippen LogP contribution < -0.4 is 33.2 Å². The summed E-state index contributed by atoms with van der Waals surface area (Å²) in [6.45, 7) is 0.382. The van der Waals surface area contributed by atoms with Gasteiger partial charge in [0.05, 0.1) is 6.04 Å². The third-order valence-electron chi connectivity index (χ3n) is 5.33. The predicted molar refractivity (Wildman–Crippen MR) is 137 cm³/mol. The summed E-state index contributed by atoms with van der Waals surface area (Å²) in [5.41, 5.74) is 17.2. The van der Waals surface area contributed by atoms with Gasteiger partial charge in [-0.1, -0.05) is 30.3 Å². The summed E-state index contributed by atoms with van der Waals surface area (Å²) < 4.78 is 0. The Hall–Kier alpha value is -3.16. The van der Waals surface area contributed by atoms with Crippen molar-refractivity contribution in [1.82, 2.24) is 16.0 Å². The highest BCUT2D eigenvalue weighted by atomic mass is 32.1. The SMILES string of the molecule is NCCCCC(NC(=O)C(Cc1ccccc1)NC(=O)C(N)CCC(N)=O)C(=O)NC(CS)C(=O)O. The number of amides is 4. The number of primary amides is 1. The zero-order chi connectivity index (χ0) is 27.1. The van der Waals surface area contributed by atoms with Crippen molar-refractivity contribution < 1.29 is 29.1 Å². The van der Waals surface area contributed by atoms with E-state index in [2.05, 4.69) is 28.6 Å². The van der Waals surface area contributed by atoms with Crippen molar-refractivity contribution in [3.05, 3.63) is 35.9 Å². The second-order valence-electron chi connectivity index (χ2n) is 8.29. The van der Waals surface area contributed by atoms with Crippen LogP contribution in [0.2, 0.25) is 0 Å². The fourth-order valence-corrected chi connectivity index (χ4v) is 3.51. The highest BCUT2D eigenvalue weighted by Gasteiger charge is 2.30. The van der Waals surface area contributed by atoms with Gasteiger partial charge in [0.15, 0.2) is 0 Å². The van der Waals surface area contributed by atoms with Crippen molar-refractivity contribution in [3.63, 3.8) is 0 Å². The molecule has 36 heavy (non-hydrogen) atoms. The van der Waals surface area contributed by atoms with Crippen molar-refractivity contribution in [3.8, 4) is 0 Å². The van der Waals surface area contributed by atoms with E-state index in [0.717, 1.165) is 5.56 Å². The number of nitrogens with two attached hydrogens (primary N) is 3. The summed E-state index contributed by atoms with van der Waals surface area (Å²) in [4.78, 5) is 61.0. The van der Waals surface area contributed by atoms with E-state index in [1.54, 1.807) is 30.3 Å². The van der Waals surface area contributed by atoms with E-state index in [9.17, 15) is 29.1 Å². The van der Waals surface area contributed by atoms with Crippen LogP contribution in [0.25, 0.3) is 0 Å². The molecule has 0 radical (unpaired) electrons. The molecule has 1 aromatic rings. The van der Waals surface area contributed by atoms with Crippen LogP contribution in [0, 0.1) is 0 Å². The molecule has 4 atom stereocenters. The molecule has 1 rings (SSSR count). The van der Waals surface area contributed by atoms with Crippen LogP contribution in [0.3, 0.4) is 0 Å². The van der Waals surface area contributed by atoms with Gasteiger partial charge in [-0.3, -0.25) is 19.2 Å². The maximum atomic E-state index is 13.2. The Morgan fingerprint density at radius 1 is 0.861 bits per heavy atom. The average Bonchev–Trinajstić information content (AvgIpc) is 2.84. The number of aliphatic carboxylic acids is 1. The molecule has 4 amide bonds. The number of carbonyl (C=O) groups is 5. The summed E-state index contributed by atoms with van der Waals surface area (Å²) in [6.07, 6.45) is 1.31. The minimum Gasteiger partial charge on any atom is -0.480 e. The molecule has 12 nitrogen and oxygen atoms in total. The van der Waals surface area contributed by atoms with Gasteiger partial charge in [-0.05, 0) is 37.8 Å². The Balaban J connectivity index is 3.05. The van der Waals surface area contributed by atoms with Gasteiger partial charge in [0.25, 0.3) is 0 Å². The second kappa shape index (κ2) is 16.5. The zero-order valence-corrected chi connectivity index (χ0v) is 20.9. The number of thiol groups is 1. The topological polar surface area (TPSA) is 220 Å². The first-order valence-corrected chi connectivity index (χ1v) is 12.2. The molecule has 4 unspecified atom stereocenters. The number of carbonyl (C=O) groups excluding carboxylic acids is 4. The van der Waals surface area contributed by atoms with Gasteiger partial charge in [0.2, 0.25) is 23.6 Å². The van der Waals surface area contributed by atoms with Gasteiger partial charge < -0.3 is 38.3 Å². The largest absolute Gasteiger partial charge is 0.480 e. The van der Waals surface area contributed by atoms with Gasteiger partial charge in [0.1, 0.15) is 18.1 Å².